The number of rotatable bonds is 9. The zero-order valence-electron chi connectivity index (χ0n) is 17.3. The van der Waals surface area contributed by atoms with E-state index in [1.807, 2.05) is 24.9 Å². The molecule has 7 heteroatoms. The monoisotopic (exact) mass is 411 g/mol. The highest BCUT2D eigenvalue weighted by atomic mass is 19.1. The first kappa shape index (κ1) is 21.5. The number of hydrogen-bond acceptors (Lipinski definition) is 4. The molecule has 0 unspecified atom stereocenters. The lowest BCUT2D eigenvalue weighted by Crippen LogP contribution is -2.32. The SMILES string of the molecule is Cc1ccc2c(c1)C(=O)N(CCCC(=O)NCCCN(C)c1ccccc1F)C2=O. The van der Waals surface area contributed by atoms with Gasteiger partial charge in [-0.3, -0.25) is 19.3 Å². The molecule has 2 aromatic carbocycles. The lowest BCUT2D eigenvalue weighted by molar-refractivity contribution is -0.121. The number of nitrogens with one attached hydrogen (secondary N) is 1. The van der Waals surface area contributed by atoms with Crippen molar-refractivity contribution >= 4 is 23.4 Å². The van der Waals surface area contributed by atoms with Gasteiger partial charge in [0.15, 0.2) is 0 Å². The van der Waals surface area contributed by atoms with Crippen LogP contribution >= 0.6 is 0 Å². The van der Waals surface area contributed by atoms with E-state index in [1.165, 1.54) is 11.0 Å². The number of hydrogen-bond donors (Lipinski definition) is 1. The van der Waals surface area contributed by atoms with E-state index in [-0.39, 0.29) is 36.5 Å². The second-order valence-electron chi connectivity index (χ2n) is 7.49. The van der Waals surface area contributed by atoms with Crippen molar-refractivity contribution in [3.63, 3.8) is 0 Å². The molecule has 0 saturated carbocycles. The minimum Gasteiger partial charge on any atom is -0.372 e. The molecule has 3 rings (SSSR count). The van der Waals surface area contributed by atoms with Crippen LogP contribution in [0.3, 0.4) is 0 Å². The van der Waals surface area contributed by atoms with E-state index < -0.39 is 0 Å². The van der Waals surface area contributed by atoms with Crippen molar-refractivity contribution in [1.29, 1.82) is 0 Å². The summed E-state index contributed by atoms with van der Waals surface area (Å²) in [7, 11) is 1.81. The summed E-state index contributed by atoms with van der Waals surface area (Å²) in [4.78, 5) is 39.9. The van der Waals surface area contributed by atoms with E-state index in [0.29, 0.717) is 42.7 Å². The molecular weight excluding hydrogens is 385 g/mol. The van der Waals surface area contributed by atoms with Crippen LogP contribution in [0, 0.1) is 12.7 Å². The molecule has 1 N–H and O–H groups in total. The van der Waals surface area contributed by atoms with E-state index in [9.17, 15) is 18.8 Å². The van der Waals surface area contributed by atoms with E-state index >= 15 is 0 Å². The van der Waals surface area contributed by atoms with Gasteiger partial charge in [0.1, 0.15) is 5.82 Å². The van der Waals surface area contributed by atoms with Crippen molar-refractivity contribution in [3.8, 4) is 0 Å². The molecule has 0 atom stereocenters. The van der Waals surface area contributed by atoms with Crippen LogP contribution in [-0.4, -0.2) is 49.3 Å². The van der Waals surface area contributed by atoms with Gasteiger partial charge >= 0.3 is 0 Å². The quantitative estimate of drug-likeness (QED) is 0.508. The second kappa shape index (κ2) is 9.52. The van der Waals surface area contributed by atoms with Crippen molar-refractivity contribution in [2.45, 2.75) is 26.2 Å². The molecular formula is C23H26FN3O3. The molecule has 6 nitrogen and oxygen atoms in total. The normalized spacial score (nSPS) is 12.8. The van der Waals surface area contributed by atoms with E-state index in [4.69, 9.17) is 0 Å². The maximum absolute atomic E-state index is 13.7. The number of nitrogens with zero attached hydrogens (tertiary/aromatic N) is 2. The number of fused-ring (bicyclic) bond motifs is 1. The minimum atomic E-state index is -0.299. The van der Waals surface area contributed by atoms with Gasteiger partial charge in [-0.25, -0.2) is 4.39 Å². The number of anilines is 1. The summed E-state index contributed by atoms with van der Waals surface area (Å²) >= 11 is 0. The summed E-state index contributed by atoms with van der Waals surface area (Å²) < 4.78 is 13.7. The summed E-state index contributed by atoms with van der Waals surface area (Å²) in [5, 5.41) is 2.83. The van der Waals surface area contributed by atoms with Crippen molar-refractivity contribution in [2.75, 3.05) is 31.6 Å². The maximum Gasteiger partial charge on any atom is 0.261 e. The Morgan fingerprint density at radius 3 is 2.57 bits per heavy atom. The zero-order valence-corrected chi connectivity index (χ0v) is 17.3. The van der Waals surface area contributed by atoms with Gasteiger partial charge in [-0.1, -0.05) is 23.8 Å². The number of para-hydroxylation sites is 1. The number of carbonyl (C=O) groups excluding carboxylic acids is 3. The number of aryl methyl sites for hydroxylation is 1. The average Bonchev–Trinajstić information content (AvgIpc) is 2.95. The molecule has 0 fully saturated rings. The zero-order chi connectivity index (χ0) is 21.7. The number of benzene rings is 2. The van der Waals surface area contributed by atoms with Crippen LogP contribution in [0.5, 0.6) is 0 Å². The van der Waals surface area contributed by atoms with Gasteiger partial charge in [0.05, 0.1) is 16.8 Å². The van der Waals surface area contributed by atoms with Gasteiger partial charge in [0.2, 0.25) is 5.91 Å². The Balaban J connectivity index is 1.36. The first-order valence-electron chi connectivity index (χ1n) is 10.1. The molecule has 30 heavy (non-hydrogen) atoms. The Morgan fingerprint density at radius 2 is 1.80 bits per heavy atom. The molecule has 0 bridgehead atoms. The topological polar surface area (TPSA) is 69.7 Å². The third kappa shape index (κ3) is 4.84. The summed E-state index contributed by atoms with van der Waals surface area (Å²) in [5.41, 5.74) is 2.31. The van der Waals surface area contributed by atoms with Crippen LogP contribution in [0.15, 0.2) is 42.5 Å². The van der Waals surface area contributed by atoms with Gasteiger partial charge in [-0.15, -0.1) is 0 Å². The standard InChI is InChI=1S/C23H26FN3O3/c1-16-10-11-17-18(15-16)23(30)27(22(17)29)14-5-9-21(28)25-12-6-13-26(2)20-8-4-3-7-19(20)24/h3-4,7-8,10-11,15H,5-6,9,12-14H2,1-2H3,(H,25,28). The molecule has 158 valence electrons. The van der Waals surface area contributed by atoms with Gasteiger partial charge < -0.3 is 10.2 Å². The summed E-state index contributed by atoms with van der Waals surface area (Å²) in [6, 6.07) is 11.8. The molecule has 1 heterocycles. The third-order valence-electron chi connectivity index (χ3n) is 5.17. The van der Waals surface area contributed by atoms with Crippen molar-refractivity contribution in [1.82, 2.24) is 10.2 Å². The Bertz CT molecular complexity index is 960. The molecule has 0 saturated heterocycles. The van der Waals surface area contributed by atoms with Crippen LogP contribution in [0.2, 0.25) is 0 Å². The first-order chi connectivity index (χ1) is 14.4. The number of halogens is 1. The van der Waals surface area contributed by atoms with E-state index in [0.717, 1.165) is 5.56 Å². The Kier molecular flexibility index (Phi) is 6.82. The molecule has 1 aliphatic heterocycles. The largest absolute Gasteiger partial charge is 0.372 e. The van der Waals surface area contributed by atoms with Crippen LogP contribution in [-0.2, 0) is 4.79 Å². The molecule has 2 aromatic rings. The van der Waals surface area contributed by atoms with E-state index in [2.05, 4.69) is 5.32 Å². The summed E-state index contributed by atoms with van der Waals surface area (Å²) in [6.07, 6.45) is 1.31. The van der Waals surface area contributed by atoms with Crippen molar-refractivity contribution in [2.24, 2.45) is 0 Å². The highest BCUT2D eigenvalue weighted by molar-refractivity contribution is 6.21. The fourth-order valence-electron chi connectivity index (χ4n) is 3.52. The molecule has 1 aliphatic rings. The molecule has 0 aliphatic carbocycles. The maximum atomic E-state index is 13.7. The van der Waals surface area contributed by atoms with Crippen molar-refractivity contribution in [3.05, 3.63) is 65.0 Å². The third-order valence-corrected chi connectivity index (χ3v) is 5.17. The fourth-order valence-corrected chi connectivity index (χ4v) is 3.52. The van der Waals surface area contributed by atoms with Gasteiger partial charge in [-0.2, -0.15) is 0 Å². The minimum absolute atomic E-state index is 0.129. The number of imide groups is 1. The van der Waals surface area contributed by atoms with Crippen LogP contribution in [0.25, 0.3) is 0 Å². The van der Waals surface area contributed by atoms with Gasteiger partial charge in [0.25, 0.3) is 11.8 Å². The molecule has 0 radical (unpaired) electrons. The Labute approximate surface area is 175 Å². The first-order valence-corrected chi connectivity index (χ1v) is 10.1. The van der Waals surface area contributed by atoms with Crippen molar-refractivity contribution < 1.29 is 18.8 Å². The lowest BCUT2D eigenvalue weighted by Gasteiger charge is -2.19. The number of amides is 3. The summed E-state index contributed by atoms with van der Waals surface area (Å²) in [6.45, 7) is 3.17. The number of carbonyl (C=O) groups is 3. The second-order valence-corrected chi connectivity index (χ2v) is 7.49. The Morgan fingerprint density at radius 1 is 1.07 bits per heavy atom. The molecule has 0 aromatic heterocycles. The molecule has 3 amide bonds. The highest BCUT2D eigenvalue weighted by Gasteiger charge is 2.34. The predicted octanol–water partition coefficient (Wildman–Crippen LogP) is 3.15. The van der Waals surface area contributed by atoms with Crippen LogP contribution in [0.4, 0.5) is 10.1 Å². The van der Waals surface area contributed by atoms with E-state index in [1.54, 1.807) is 30.3 Å². The Hall–Kier alpha value is -3.22. The van der Waals surface area contributed by atoms with Gasteiger partial charge in [-0.05, 0) is 44.0 Å². The average molecular weight is 411 g/mol. The fraction of sp³-hybridized carbons (Fsp3) is 0.348. The summed E-state index contributed by atoms with van der Waals surface area (Å²) in [5.74, 6) is -0.995. The van der Waals surface area contributed by atoms with Crippen LogP contribution in [0.1, 0.15) is 45.5 Å². The predicted molar refractivity (Wildman–Crippen MR) is 113 cm³/mol. The smallest absolute Gasteiger partial charge is 0.261 e. The van der Waals surface area contributed by atoms with Gasteiger partial charge in [0, 0.05) is 33.1 Å². The molecule has 0 spiro atoms. The lowest BCUT2D eigenvalue weighted by atomic mass is 10.1. The highest BCUT2D eigenvalue weighted by Crippen LogP contribution is 2.24. The van der Waals surface area contributed by atoms with Crippen LogP contribution < -0.4 is 10.2 Å².